The quantitative estimate of drug-likeness (QED) is 0.729. The van der Waals surface area contributed by atoms with Gasteiger partial charge in [-0.2, -0.15) is 0 Å². The van der Waals surface area contributed by atoms with Crippen molar-refractivity contribution < 1.29 is 0 Å². The Hall–Kier alpha value is -1.17. The summed E-state index contributed by atoms with van der Waals surface area (Å²) in [5, 5.41) is 3.93. The van der Waals surface area contributed by atoms with E-state index in [-0.39, 0.29) is 0 Å². The highest BCUT2D eigenvalue weighted by Crippen LogP contribution is 2.20. The Morgan fingerprint density at radius 3 is 3.05 bits per heavy atom. The molecule has 0 fully saturated rings. The van der Waals surface area contributed by atoms with Crippen molar-refractivity contribution in [2.24, 2.45) is 0 Å². The van der Waals surface area contributed by atoms with E-state index < -0.39 is 0 Å². The molecule has 98 valence electrons. The number of aromatic amines is 1. The fourth-order valence-electron chi connectivity index (χ4n) is 2.07. The van der Waals surface area contributed by atoms with Crippen LogP contribution in [0.5, 0.6) is 0 Å². The van der Waals surface area contributed by atoms with Gasteiger partial charge in [0, 0.05) is 29.1 Å². The first-order valence-electron chi connectivity index (χ1n) is 5.92. The van der Waals surface area contributed by atoms with Gasteiger partial charge < -0.3 is 9.55 Å². The molecule has 0 aliphatic carbocycles. The molecule has 0 saturated heterocycles. The van der Waals surface area contributed by atoms with Gasteiger partial charge in [-0.05, 0) is 37.3 Å². The minimum atomic E-state index is 0.723. The molecular weight excluding hydrogens is 298 g/mol. The van der Waals surface area contributed by atoms with Gasteiger partial charge in [-0.1, -0.05) is 11.6 Å². The molecule has 0 unspecified atom stereocenters. The predicted octanol–water partition coefficient (Wildman–Crippen LogP) is 4.36. The predicted molar refractivity (Wildman–Crippen MR) is 82.7 cm³/mol. The normalized spacial score (nSPS) is 11.3. The number of nitrogens with one attached hydrogen (secondary N) is 1. The number of rotatable bonds is 3. The molecule has 2 heterocycles. The Bertz CT molecular complexity index is 785. The summed E-state index contributed by atoms with van der Waals surface area (Å²) < 4.78 is 2.80. The van der Waals surface area contributed by atoms with Crippen LogP contribution in [0, 0.1) is 11.7 Å². The number of halogens is 1. The van der Waals surface area contributed by atoms with Crippen LogP contribution in [0.25, 0.3) is 11.0 Å². The molecule has 0 bridgehead atoms. The van der Waals surface area contributed by atoms with Gasteiger partial charge in [0.15, 0.2) is 4.77 Å². The minimum absolute atomic E-state index is 0.723. The second-order valence-electron chi connectivity index (χ2n) is 4.38. The van der Waals surface area contributed by atoms with Crippen molar-refractivity contribution in [3.8, 4) is 0 Å². The number of aromatic nitrogens is 3. The smallest absolute Gasteiger partial charge is 0.178 e. The van der Waals surface area contributed by atoms with E-state index in [9.17, 15) is 0 Å². The first-order valence-corrected chi connectivity index (χ1v) is 7.59. The number of hydrogen-bond acceptors (Lipinski definition) is 3. The monoisotopic (exact) mass is 309 g/mol. The van der Waals surface area contributed by atoms with Crippen molar-refractivity contribution in [3.05, 3.63) is 44.1 Å². The fraction of sp³-hybridized carbons (Fsp3) is 0.231. The first kappa shape index (κ1) is 12.8. The third-order valence-corrected chi connectivity index (χ3v) is 4.54. The van der Waals surface area contributed by atoms with E-state index in [2.05, 4.69) is 19.9 Å². The van der Waals surface area contributed by atoms with Crippen LogP contribution >= 0.6 is 35.2 Å². The average molecular weight is 310 g/mol. The third-order valence-electron chi connectivity index (χ3n) is 2.95. The molecule has 0 aliphatic rings. The van der Waals surface area contributed by atoms with E-state index in [1.165, 1.54) is 0 Å². The molecule has 1 N–H and O–H groups in total. The van der Waals surface area contributed by atoms with Crippen LogP contribution in [-0.4, -0.2) is 14.5 Å². The molecule has 0 atom stereocenters. The van der Waals surface area contributed by atoms with Crippen molar-refractivity contribution in [1.82, 2.24) is 14.5 Å². The number of benzene rings is 1. The zero-order valence-corrected chi connectivity index (χ0v) is 12.7. The van der Waals surface area contributed by atoms with Crippen LogP contribution < -0.4 is 0 Å². The number of imidazole rings is 1. The standard InChI is InChI=1S/C13H12ClN3S2/c1-8-7-19-12(15-8)4-5-17-11-6-9(14)2-3-10(11)16-13(17)18/h2-3,6-7H,4-5H2,1H3,(H,16,18). The lowest BCUT2D eigenvalue weighted by Crippen LogP contribution is -2.01. The Morgan fingerprint density at radius 2 is 2.32 bits per heavy atom. The lowest BCUT2D eigenvalue weighted by atomic mass is 10.3. The van der Waals surface area contributed by atoms with Crippen LogP contribution in [0.4, 0.5) is 0 Å². The molecule has 0 amide bonds. The number of aryl methyl sites for hydroxylation is 3. The summed E-state index contributed by atoms with van der Waals surface area (Å²) in [5.74, 6) is 0. The van der Waals surface area contributed by atoms with Gasteiger partial charge in [-0.15, -0.1) is 11.3 Å². The lowest BCUT2D eigenvalue weighted by Gasteiger charge is -2.03. The van der Waals surface area contributed by atoms with E-state index in [1.807, 2.05) is 25.1 Å². The summed E-state index contributed by atoms with van der Waals surface area (Å²) in [6, 6.07) is 5.76. The molecular formula is C13H12ClN3S2. The van der Waals surface area contributed by atoms with Crippen molar-refractivity contribution in [1.29, 1.82) is 0 Å². The van der Waals surface area contributed by atoms with Crippen LogP contribution in [0.3, 0.4) is 0 Å². The topological polar surface area (TPSA) is 33.6 Å². The minimum Gasteiger partial charge on any atom is -0.331 e. The maximum absolute atomic E-state index is 6.05. The second kappa shape index (κ2) is 5.07. The summed E-state index contributed by atoms with van der Waals surface area (Å²) in [5.41, 5.74) is 3.14. The Labute approximate surface area is 124 Å². The van der Waals surface area contributed by atoms with Gasteiger partial charge >= 0.3 is 0 Å². The van der Waals surface area contributed by atoms with Crippen molar-refractivity contribution >= 4 is 46.2 Å². The van der Waals surface area contributed by atoms with Crippen molar-refractivity contribution in [3.63, 3.8) is 0 Å². The van der Waals surface area contributed by atoms with Gasteiger partial charge in [0.25, 0.3) is 0 Å². The number of hydrogen-bond donors (Lipinski definition) is 1. The molecule has 3 nitrogen and oxygen atoms in total. The number of fused-ring (bicyclic) bond motifs is 1. The zero-order valence-electron chi connectivity index (χ0n) is 10.3. The highest BCUT2D eigenvalue weighted by Gasteiger charge is 2.06. The first-order chi connectivity index (χ1) is 9.13. The van der Waals surface area contributed by atoms with Crippen LogP contribution in [0.15, 0.2) is 23.6 Å². The zero-order chi connectivity index (χ0) is 13.4. The second-order valence-corrected chi connectivity index (χ2v) is 6.14. The number of nitrogens with zero attached hydrogens (tertiary/aromatic N) is 2. The maximum Gasteiger partial charge on any atom is 0.178 e. The molecule has 0 spiro atoms. The molecule has 3 rings (SSSR count). The SMILES string of the molecule is Cc1csc(CCn2c(=S)[nH]c3ccc(Cl)cc32)n1. The largest absolute Gasteiger partial charge is 0.331 e. The number of thiazole rings is 1. The summed E-state index contributed by atoms with van der Waals surface area (Å²) in [4.78, 5) is 7.67. The fourth-order valence-corrected chi connectivity index (χ4v) is 3.30. The van der Waals surface area contributed by atoms with Crippen LogP contribution in [-0.2, 0) is 13.0 Å². The highest BCUT2D eigenvalue weighted by molar-refractivity contribution is 7.71. The number of H-pyrrole nitrogens is 1. The third kappa shape index (κ3) is 2.59. The van der Waals surface area contributed by atoms with E-state index in [1.54, 1.807) is 11.3 Å². The molecule has 1 aromatic carbocycles. The average Bonchev–Trinajstić information content (AvgIpc) is 2.90. The lowest BCUT2D eigenvalue weighted by molar-refractivity contribution is 0.703. The van der Waals surface area contributed by atoms with Gasteiger partial charge in [-0.25, -0.2) is 4.98 Å². The Kier molecular flexibility index (Phi) is 3.43. The Morgan fingerprint density at radius 1 is 1.47 bits per heavy atom. The van der Waals surface area contributed by atoms with Gasteiger partial charge in [0.05, 0.1) is 16.0 Å². The van der Waals surface area contributed by atoms with Crippen LogP contribution in [0.2, 0.25) is 5.02 Å². The summed E-state index contributed by atoms with van der Waals surface area (Å²) >= 11 is 13.1. The van der Waals surface area contributed by atoms with Gasteiger partial charge in [0.1, 0.15) is 0 Å². The van der Waals surface area contributed by atoms with E-state index in [0.717, 1.165) is 44.5 Å². The molecule has 2 aromatic heterocycles. The maximum atomic E-state index is 6.05. The summed E-state index contributed by atoms with van der Waals surface area (Å²) in [7, 11) is 0. The van der Waals surface area contributed by atoms with E-state index in [0.29, 0.717) is 0 Å². The highest BCUT2D eigenvalue weighted by atomic mass is 35.5. The van der Waals surface area contributed by atoms with E-state index >= 15 is 0 Å². The molecule has 3 aromatic rings. The Balaban J connectivity index is 1.94. The van der Waals surface area contributed by atoms with Crippen molar-refractivity contribution in [2.75, 3.05) is 0 Å². The van der Waals surface area contributed by atoms with Gasteiger partial charge in [0.2, 0.25) is 0 Å². The molecule has 6 heteroatoms. The van der Waals surface area contributed by atoms with Crippen molar-refractivity contribution in [2.45, 2.75) is 19.9 Å². The van der Waals surface area contributed by atoms with Gasteiger partial charge in [-0.3, -0.25) is 0 Å². The van der Waals surface area contributed by atoms with E-state index in [4.69, 9.17) is 23.8 Å². The molecule has 0 aliphatic heterocycles. The van der Waals surface area contributed by atoms with Crippen LogP contribution in [0.1, 0.15) is 10.7 Å². The molecule has 0 saturated carbocycles. The molecule has 0 radical (unpaired) electrons. The molecule has 19 heavy (non-hydrogen) atoms. The summed E-state index contributed by atoms with van der Waals surface area (Å²) in [6.45, 7) is 2.82. The summed E-state index contributed by atoms with van der Waals surface area (Å²) in [6.07, 6.45) is 0.881.